The lowest BCUT2D eigenvalue weighted by atomic mass is 9.88. The molecule has 0 spiro atoms. The van der Waals surface area contributed by atoms with Gasteiger partial charge in [0.15, 0.2) is 0 Å². The topological polar surface area (TPSA) is 18.5 Å². The summed E-state index contributed by atoms with van der Waals surface area (Å²) >= 11 is 2.03. The molecular weight excluding hydrogens is 219 g/mol. The Kier molecular flexibility index (Phi) is 3.44. The average molecular weight is 240 g/mol. The summed E-state index contributed by atoms with van der Waals surface area (Å²) < 4.78 is 11.8. The van der Waals surface area contributed by atoms with Crippen LogP contribution in [0.4, 0.5) is 0 Å². The average Bonchev–Trinajstić information content (AvgIpc) is 2.70. The second kappa shape index (κ2) is 4.39. The van der Waals surface area contributed by atoms with Gasteiger partial charge in [-0.05, 0) is 51.5 Å². The van der Waals surface area contributed by atoms with Crippen LogP contribution in [0.5, 0.6) is 0 Å². The van der Waals surface area contributed by atoms with Gasteiger partial charge in [-0.1, -0.05) is 12.1 Å². The van der Waals surface area contributed by atoms with Gasteiger partial charge >= 0.3 is 7.12 Å². The highest BCUT2D eigenvalue weighted by Crippen LogP contribution is 2.37. The van der Waals surface area contributed by atoms with E-state index in [0.29, 0.717) is 5.92 Å². The van der Waals surface area contributed by atoms with Crippen LogP contribution in [-0.2, 0) is 9.31 Å². The third kappa shape index (κ3) is 2.49. The van der Waals surface area contributed by atoms with Crippen molar-refractivity contribution in [3.8, 4) is 0 Å². The fourth-order valence-corrected chi connectivity index (χ4v) is 3.14. The first-order chi connectivity index (χ1) is 7.41. The SMILES string of the molecule is CC1(C)OB(/C=C/C2CCSC2)OC1(C)C. The molecule has 0 aliphatic carbocycles. The first-order valence-corrected chi connectivity index (χ1v) is 7.18. The predicted molar refractivity (Wildman–Crippen MR) is 70.7 cm³/mol. The molecule has 2 aliphatic heterocycles. The highest BCUT2D eigenvalue weighted by molar-refractivity contribution is 7.99. The molecule has 1 atom stereocenters. The number of thioether (sulfide) groups is 1. The van der Waals surface area contributed by atoms with E-state index >= 15 is 0 Å². The summed E-state index contributed by atoms with van der Waals surface area (Å²) in [5.74, 6) is 5.34. The number of rotatable bonds is 2. The zero-order valence-corrected chi connectivity index (χ0v) is 11.5. The maximum Gasteiger partial charge on any atom is 0.486 e. The van der Waals surface area contributed by atoms with Gasteiger partial charge < -0.3 is 9.31 Å². The van der Waals surface area contributed by atoms with Crippen molar-refractivity contribution in [1.29, 1.82) is 0 Å². The van der Waals surface area contributed by atoms with E-state index in [0.717, 1.165) is 0 Å². The maximum atomic E-state index is 5.91. The van der Waals surface area contributed by atoms with Gasteiger partial charge in [-0.2, -0.15) is 11.8 Å². The molecule has 0 aromatic rings. The van der Waals surface area contributed by atoms with Gasteiger partial charge in [0.25, 0.3) is 0 Å². The van der Waals surface area contributed by atoms with Crippen LogP contribution in [0.2, 0.25) is 0 Å². The minimum atomic E-state index is -0.216. The second-order valence-electron chi connectivity index (χ2n) is 5.63. The smallest absolute Gasteiger partial charge is 0.400 e. The summed E-state index contributed by atoms with van der Waals surface area (Å²) in [6.07, 6.45) is 3.56. The normalized spacial score (nSPS) is 32.8. The second-order valence-corrected chi connectivity index (χ2v) is 6.78. The van der Waals surface area contributed by atoms with Crippen molar-refractivity contribution in [3.63, 3.8) is 0 Å². The maximum absolute atomic E-state index is 5.91. The molecule has 2 rings (SSSR count). The summed E-state index contributed by atoms with van der Waals surface area (Å²) in [5, 5.41) is 0. The Bertz CT molecular complexity index is 267. The van der Waals surface area contributed by atoms with E-state index in [4.69, 9.17) is 9.31 Å². The van der Waals surface area contributed by atoms with E-state index in [1.54, 1.807) is 0 Å². The van der Waals surface area contributed by atoms with E-state index in [1.807, 2.05) is 11.8 Å². The highest BCUT2D eigenvalue weighted by atomic mass is 32.2. The highest BCUT2D eigenvalue weighted by Gasteiger charge is 2.50. The molecule has 16 heavy (non-hydrogen) atoms. The molecule has 2 fully saturated rings. The van der Waals surface area contributed by atoms with E-state index < -0.39 is 0 Å². The predicted octanol–water partition coefficient (Wildman–Crippen LogP) is 2.93. The molecule has 0 amide bonds. The van der Waals surface area contributed by atoms with Crippen molar-refractivity contribution < 1.29 is 9.31 Å². The molecular formula is C12H21BO2S. The first-order valence-electron chi connectivity index (χ1n) is 6.02. The Morgan fingerprint density at radius 1 is 1.19 bits per heavy atom. The van der Waals surface area contributed by atoms with Crippen LogP contribution in [0, 0.1) is 5.92 Å². The molecule has 0 aromatic carbocycles. The summed E-state index contributed by atoms with van der Waals surface area (Å²) in [6.45, 7) is 8.36. The third-order valence-electron chi connectivity index (χ3n) is 3.78. The van der Waals surface area contributed by atoms with Gasteiger partial charge in [0, 0.05) is 0 Å². The van der Waals surface area contributed by atoms with Crippen molar-refractivity contribution in [3.05, 3.63) is 12.1 Å². The van der Waals surface area contributed by atoms with Gasteiger partial charge in [0.1, 0.15) is 0 Å². The van der Waals surface area contributed by atoms with Gasteiger partial charge in [-0.15, -0.1) is 0 Å². The van der Waals surface area contributed by atoms with E-state index in [1.165, 1.54) is 17.9 Å². The van der Waals surface area contributed by atoms with Gasteiger partial charge in [-0.3, -0.25) is 0 Å². The van der Waals surface area contributed by atoms with Crippen molar-refractivity contribution in [1.82, 2.24) is 0 Å². The summed E-state index contributed by atoms with van der Waals surface area (Å²) in [5.41, 5.74) is -0.432. The number of hydrogen-bond acceptors (Lipinski definition) is 3. The lowest BCUT2D eigenvalue weighted by molar-refractivity contribution is 0.00578. The van der Waals surface area contributed by atoms with Crippen LogP contribution >= 0.6 is 11.8 Å². The monoisotopic (exact) mass is 240 g/mol. The molecule has 2 aliphatic rings. The fourth-order valence-electron chi connectivity index (χ4n) is 1.92. The van der Waals surface area contributed by atoms with Crippen LogP contribution in [0.25, 0.3) is 0 Å². The Morgan fingerprint density at radius 2 is 1.81 bits per heavy atom. The summed E-state index contributed by atoms with van der Waals surface area (Å²) in [6, 6.07) is 0. The van der Waals surface area contributed by atoms with Gasteiger partial charge in [0.05, 0.1) is 11.2 Å². The van der Waals surface area contributed by atoms with E-state index in [2.05, 4.69) is 39.7 Å². The summed E-state index contributed by atoms with van der Waals surface area (Å²) in [7, 11) is -0.171. The standard InChI is InChI=1S/C12H21BO2S/c1-11(2)12(3,4)15-13(14-11)7-5-10-6-8-16-9-10/h5,7,10H,6,8-9H2,1-4H3/b7-5+. The minimum absolute atomic E-state index is 0.171. The number of hydrogen-bond donors (Lipinski definition) is 0. The molecule has 90 valence electrons. The van der Waals surface area contributed by atoms with Crippen molar-refractivity contribution in [2.45, 2.75) is 45.3 Å². The van der Waals surface area contributed by atoms with Crippen LogP contribution in [0.1, 0.15) is 34.1 Å². The lowest BCUT2D eigenvalue weighted by Gasteiger charge is -2.32. The Balaban J connectivity index is 1.93. The zero-order valence-electron chi connectivity index (χ0n) is 10.7. The Labute approximate surface area is 103 Å². The van der Waals surface area contributed by atoms with Crippen molar-refractivity contribution in [2.24, 2.45) is 5.92 Å². The zero-order chi connectivity index (χ0) is 11.8. The minimum Gasteiger partial charge on any atom is -0.400 e. The largest absolute Gasteiger partial charge is 0.486 e. The first kappa shape index (κ1) is 12.5. The van der Waals surface area contributed by atoms with E-state index in [-0.39, 0.29) is 18.3 Å². The molecule has 2 saturated heterocycles. The van der Waals surface area contributed by atoms with Crippen LogP contribution < -0.4 is 0 Å². The van der Waals surface area contributed by atoms with Crippen LogP contribution in [-0.4, -0.2) is 29.8 Å². The molecule has 0 aromatic heterocycles. The van der Waals surface area contributed by atoms with Crippen LogP contribution in [0.15, 0.2) is 12.1 Å². The molecule has 0 saturated carbocycles. The van der Waals surface area contributed by atoms with Crippen molar-refractivity contribution >= 4 is 18.9 Å². The molecule has 4 heteroatoms. The van der Waals surface area contributed by atoms with E-state index in [9.17, 15) is 0 Å². The molecule has 2 nitrogen and oxygen atoms in total. The van der Waals surface area contributed by atoms with Gasteiger partial charge in [-0.25, -0.2) is 0 Å². The van der Waals surface area contributed by atoms with Crippen LogP contribution in [0.3, 0.4) is 0 Å². The fraction of sp³-hybridized carbons (Fsp3) is 0.833. The molecule has 2 heterocycles. The molecule has 0 N–H and O–H groups in total. The summed E-state index contributed by atoms with van der Waals surface area (Å²) in [4.78, 5) is 0. The molecule has 0 bridgehead atoms. The quantitative estimate of drug-likeness (QED) is 0.691. The third-order valence-corrected chi connectivity index (χ3v) is 4.97. The Morgan fingerprint density at radius 3 is 2.31 bits per heavy atom. The number of allylic oxidation sites excluding steroid dienone is 1. The lowest BCUT2D eigenvalue weighted by Crippen LogP contribution is -2.41. The van der Waals surface area contributed by atoms with Crippen molar-refractivity contribution in [2.75, 3.05) is 11.5 Å². The van der Waals surface area contributed by atoms with Gasteiger partial charge in [0.2, 0.25) is 0 Å². The molecule has 0 radical (unpaired) electrons. The molecule has 1 unspecified atom stereocenters. The Hall–Kier alpha value is 0.0749.